The largest absolute Gasteiger partial charge is 0.573 e. The molecule has 26 heavy (non-hydrogen) atoms. The van der Waals surface area contributed by atoms with E-state index in [0.717, 1.165) is 7.11 Å². The van der Waals surface area contributed by atoms with Crippen LogP contribution in [0.25, 0.3) is 0 Å². The number of rotatable bonds is 5. The van der Waals surface area contributed by atoms with Crippen molar-refractivity contribution in [3.63, 3.8) is 0 Å². The van der Waals surface area contributed by atoms with Crippen LogP contribution in [0, 0.1) is 5.92 Å². The van der Waals surface area contributed by atoms with Gasteiger partial charge in [-0.1, -0.05) is 6.08 Å². The fraction of sp³-hybridized carbons (Fsp3) is 0.688. The third-order valence-electron chi connectivity index (χ3n) is 3.66. The van der Waals surface area contributed by atoms with Crippen molar-refractivity contribution in [3.05, 3.63) is 12.7 Å². The Balaban J connectivity index is 3.16. The minimum absolute atomic E-state index is 0.0411. The summed E-state index contributed by atoms with van der Waals surface area (Å²) in [6.07, 6.45) is -3.79. The summed E-state index contributed by atoms with van der Waals surface area (Å²) in [5, 5.41) is 0. The van der Waals surface area contributed by atoms with Crippen LogP contribution in [0.15, 0.2) is 17.6 Å². The highest BCUT2D eigenvalue weighted by atomic mass is 19.4. The molecule has 0 bridgehead atoms. The average molecular weight is 380 g/mol. The van der Waals surface area contributed by atoms with E-state index in [2.05, 4.69) is 16.3 Å². The van der Waals surface area contributed by atoms with Gasteiger partial charge in [0.2, 0.25) is 0 Å². The standard InChI is InChI=1S/C16H23F3N2O5/c1-6-7-11-8-21(13(23)26-14(2,3)4)9-15(11,12(22)24-5)20-10-25-16(17,18)19/h6,10-11H,1,7-9H2,2-5H3/t11-,15-/m0/s1. The molecule has 1 aliphatic heterocycles. The van der Waals surface area contributed by atoms with Crippen LogP contribution in [0.4, 0.5) is 18.0 Å². The molecule has 1 heterocycles. The van der Waals surface area contributed by atoms with Crippen molar-refractivity contribution >= 4 is 18.5 Å². The van der Waals surface area contributed by atoms with Crippen molar-refractivity contribution in [2.45, 2.75) is 44.7 Å². The maximum absolute atomic E-state index is 12.3. The van der Waals surface area contributed by atoms with E-state index in [0.29, 0.717) is 0 Å². The van der Waals surface area contributed by atoms with Gasteiger partial charge >= 0.3 is 18.4 Å². The third kappa shape index (κ3) is 5.63. The van der Waals surface area contributed by atoms with Gasteiger partial charge in [0.1, 0.15) is 5.60 Å². The highest BCUT2D eigenvalue weighted by molar-refractivity contribution is 5.85. The van der Waals surface area contributed by atoms with E-state index in [1.807, 2.05) is 0 Å². The quantitative estimate of drug-likeness (QED) is 0.317. The van der Waals surface area contributed by atoms with Crippen molar-refractivity contribution in [1.29, 1.82) is 0 Å². The molecule has 0 aromatic carbocycles. The Morgan fingerprint density at radius 2 is 1.96 bits per heavy atom. The highest BCUT2D eigenvalue weighted by Crippen LogP contribution is 2.36. The van der Waals surface area contributed by atoms with Gasteiger partial charge in [0.15, 0.2) is 11.9 Å². The number of hydrogen-bond acceptors (Lipinski definition) is 6. The van der Waals surface area contributed by atoms with E-state index in [-0.39, 0.29) is 25.9 Å². The van der Waals surface area contributed by atoms with Crippen LogP contribution in [-0.2, 0) is 19.0 Å². The first-order chi connectivity index (χ1) is 11.8. The van der Waals surface area contributed by atoms with E-state index in [1.165, 1.54) is 11.0 Å². The fourth-order valence-corrected chi connectivity index (χ4v) is 2.62. The molecule has 0 N–H and O–H groups in total. The maximum Gasteiger partial charge on any atom is 0.573 e. The number of halogens is 3. The summed E-state index contributed by atoms with van der Waals surface area (Å²) in [6.45, 7) is 8.33. The molecule has 1 fully saturated rings. The highest BCUT2D eigenvalue weighted by Gasteiger charge is 2.54. The summed E-state index contributed by atoms with van der Waals surface area (Å²) < 4.78 is 50.3. The number of ether oxygens (including phenoxy) is 3. The topological polar surface area (TPSA) is 77.4 Å². The number of hydrogen-bond donors (Lipinski definition) is 0. The number of nitrogens with zero attached hydrogens (tertiary/aromatic N) is 2. The molecule has 0 unspecified atom stereocenters. The van der Waals surface area contributed by atoms with Crippen LogP contribution in [-0.4, -0.2) is 61.1 Å². The first-order valence-corrected chi connectivity index (χ1v) is 7.80. The molecule has 10 heteroatoms. The van der Waals surface area contributed by atoms with Gasteiger partial charge in [-0.15, -0.1) is 19.8 Å². The van der Waals surface area contributed by atoms with Crippen LogP contribution in [0.3, 0.4) is 0 Å². The number of carbonyl (C=O) groups is 2. The normalized spacial score (nSPS) is 23.8. The number of esters is 1. The van der Waals surface area contributed by atoms with Crippen LogP contribution in [0.2, 0.25) is 0 Å². The second-order valence-corrected chi connectivity index (χ2v) is 6.80. The van der Waals surface area contributed by atoms with Gasteiger partial charge in [0.25, 0.3) is 0 Å². The SMILES string of the molecule is C=CC[C@H]1CN(C(=O)OC(C)(C)C)C[C@@]1(N=COC(F)(F)F)C(=O)OC. The van der Waals surface area contributed by atoms with E-state index in [1.54, 1.807) is 20.8 Å². The van der Waals surface area contributed by atoms with Gasteiger partial charge in [0, 0.05) is 12.5 Å². The van der Waals surface area contributed by atoms with Crippen LogP contribution in [0.5, 0.6) is 0 Å². The fourth-order valence-electron chi connectivity index (χ4n) is 2.62. The number of allylic oxidation sites excluding steroid dienone is 1. The van der Waals surface area contributed by atoms with Crippen LogP contribution < -0.4 is 0 Å². The Kier molecular flexibility index (Phi) is 6.67. The first-order valence-electron chi connectivity index (χ1n) is 7.80. The monoisotopic (exact) mass is 380 g/mol. The number of alkyl halides is 3. The zero-order chi connectivity index (χ0) is 20.2. The molecule has 2 atom stereocenters. The van der Waals surface area contributed by atoms with E-state index >= 15 is 0 Å². The summed E-state index contributed by atoms with van der Waals surface area (Å²) in [7, 11) is 1.09. The molecule has 148 valence electrons. The predicted molar refractivity (Wildman–Crippen MR) is 86.5 cm³/mol. The number of likely N-dealkylation sites (tertiary alicyclic amines) is 1. The number of carbonyl (C=O) groups excluding carboxylic acids is 2. The lowest BCUT2D eigenvalue weighted by Crippen LogP contribution is -2.46. The molecular formula is C16H23F3N2O5. The maximum atomic E-state index is 12.3. The Morgan fingerprint density at radius 3 is 2.42 bits per heavy atom. The zero-order valence-electron chi connectivity index (χ0n) is 15.1. The molecule has 0 spiro atoms. The Labute approximate surface area is 149 Å². The molecule has 1 aliphatic rings. The molecule has 0 aliphatic carbocycles. The number of aliphatic imine (C=N–C) groups is 1. The lowest BCUT2D eigenvalue weighted by atomic mass is 9.85. The average Bonchev–Trinajstić information content (AvgIpc) is 2.84. The molecule has 1 amide bonds. The van der Waals surface area contributed by atoms with Gasteiger partial charge in [-0.25, -0.2) is 14.6 Å². The zero-order valence-corrected chi connectivity index (χ0v) is 15.1. The van der Waals surface area contributed by atoms with Gasteiger partial charge in [-0.3, -0.25) is 0 Å². The molecule has 0 aromatic rings. The predicted octanol–water partition coefficient (Wildman–Crippen LogP) is 2.91. The number of amides is 1. The van der Waals surface area contributed by atoms with Crippen molar-refractivity contribution in [2.75, 3.05) is 20.2 Å². The summed E-state index contributed by atoms with van der Waals surface area (Å²) in [6, 6.07) is 0. The van der Waals surface area contributed by atoms with Gasteiger partial charge in [0.05, 0.1) is 13.7 Å². The van der Waals surface area contributed by atoms with Gasteiger partial charge < -0.3 is 19.1 Å². The molecule has 0 saturated carbocycles. The van der Waals surface area contributed by atoms with Crippen molar-refractivity contribution in [3.8, 4) is 0 Å². The summed E-state index contributed by atoms with van der Waals surface area (Å²) in [5.41, 5.74) is -2.52. The van der Waals surface area contributed by atoms with E-state index < -0.39 is 35.5 Å². The van der Waals surface area contributed by atoms with E-state index in [9.17, 15) is 22.8 Å². The minimum atomic E-state index is -4.95. The summed E-state index contributed by atoms with van der Waals surface area (Å²) >= 11 is 0. The van der Waals surface area contributed by atoms with Gasteiger partial charge in [-0.05, 0) is 27.2 Å². The number of methoxy groups -OCH3 is 1. The van der Waals surface area contributed by atoms with Crippen molar-refractivity contribution in [2.24, 2.45) is 10.9 Å². The van der Waals surface area contributed by atoms with E-state index in [4.69, 9.17) is 9.47 Å². The third-order valence-corrected chi connectivity index (χ3v) is 3.66. The smallest absolute Gasteiger partial charge is 0.467 e. The molecule has 7 nitrogen and oxygen atoms in total. The molecule has 1 rings (SSSR count). The molecule has 1 saturated heterocycles. The lowest BCUT2D eigenvalue weighted by Gasteiger charge is -2.27. The Morgan fingerprint density at radius 1 is 1.35 bits per heavy atom. The summed E-state index contributed by atoms with van der Waals surface area (Å²) in [4.78, 5) is 29.6. The van der Waals surface area contributed by atoms with Crippen LogP contribution in [0.1, 0.15) is 27.2 Å². The second-order valence-electron chi connectivity index (χ2n) is 6.80. The lowest BCUT2D eigenvalue weighted by molar-refractivity contribution is -0.280. The van der Waals surface area contributed by atoms with Crippen molar-refractivity contribution < 1.29 is 37.0 Å². The minimum Gasteiger partial charge on any atom is -0.467 e. The van der Waals surface area contributed by atoms with Gasteiger partial charge in [-0.2, -0.15) is 0 Å². The summed E-state index contributed by atoms with van der Waals surface area (Å²) in [5.74, 6) is -1.52. The molecular weight excluding hydrogens is 357 g/mol. The van der Waals surface area contributed by atoms with Crippen LogP contribution >= 0.6 is 0 Å². The second kappa shape index (κ2) is 7.96. The molecule has 0 aromatic heterocycles. The Hall–Kier alpha value is -2.26. The Bertz CT molecular complexity index is 571. The first kappa shape index (κ1) is 21.8. The molecule has 0 radical (unpaired) electrons. The van der Waals surface area contributed by atoms with Crippen molar-refractivity contribution in [1.82, 2.24) is 4.90 Å².